The molecule has 4 rings (SSSR count). The van der Waals surface area contributed by atoms with E-state index in [9.17, 15) is 23.4 Å². The molecule has 0 amide bonds. The van der Waals surface area contributed by atoms with Crippen molar-refractivity contribution >= 4 is 0 Å². The van der Waals surface area contributed by atoms with Crippen LogP contribution in [0.1, 0.15) is 143 Å². The van der Waals surface area contributed by atoms with Crippen LogP contribution < -0.4 is 5.73 Å². The number of nitrogens with two attached hydrogens (primary N) is 1. The largest absolute Gasteiger partial charge is 0.396 e. The predicted molar refractivity (Wildman–Crippen MR) is 175 cm³/mol. The van der Waals surface area contributed by atoms with E-state index in [2.05, 4.69) is 26.8 Å². The Labute approximate surface area is 267 Å². The van der Waals surface area contributed by atoms with E-state index in [0.29, 0.717) is 48.9 Å². The van der Waals surface area contributed by atoms with Crippen LogP contribution in [0.3, 0.4) is 0 Å². The van der Waals surface area contributed by atoms with Crippen molar-refractivity contribution in [3.05, 3.63) is 11.6 Å². The lowest BCUT2D eigenvalue weighted by Crippen LogP contribution is -2.40. The number of hydrogen-bond donors (Lipinski definition) is 3. The van der Waals surface area contributed by atoms with Gasteiger partial charge in [-0.25, -0.2) is 0 Å². The van der Waals surface area contributed by atoms with Crippen molar-refractivity contribution in [3.8, 4) is 0 Å². The van der Waals surface area contributed by atoms with Crippen LogP contribution in [0, 0.1) is 59.2 Å². The highest BCUT2D eigenvalue weighted by Gasteiger charge is 2.48. The molecule has 3 saturated carbocycles. The quantitative estimate of drug-likeness (QED) is 0.149. The maximum absolute atomic E-state index is 14.3. The SMILES string of the molecule is CCC1CCC(C)C=C1C(N)CCC1CC(CC(O)C2CCC(CCC3CCCC(C)CC3)C(C(F)(F)F)C2)CCC1CO. The summed E-state index contributed by atoms with van der Waals surface area (Å²) < 4.78 is 43.0. The second-order valence-corrected chi connectivity index (χ2v) is 16.2. The molecule has 0 bridgehead atoms. The first-order chi connectivity index (χ1) is 21.0. The zero-order valence-electron chi connectivity index (χ0n) is 28.3. The summed E-state index contributed by atoms with van der Waals surface area (Å²) in [5, 5.41) is 21.5. The number of alkyl halides is 3. The van der Waals surface area contributed by atoms with Gasteiger partial charge in [0.15, 0.2) is 0 Å². The third-order valence-corrected chi connectivity index (χ3v) is 13.1. The number of aliphatic hydroxyl groups excluding tert-OH is 2. The summed E-state index contributed by atoms with van der Waals surface area (Å²) in [4.78, 5) is 0. The number of allylic oxidation sites excluding steroid dienone is 1. The summed E-state index contributed by atoms with van der Waals surface area (Å²) in [6, 6.07) is 0.0635. The fraction of sp³-hybridized carbons (Fsp3) is 0.947. The lowest BCUT2D eigenvalue weighted by Gasteiger charge is -2.41. The van der Waals surface area contributed by atoms with Crippen molar-refractivity contribution in [3.63, 3.8) is 0 Å². The van der Waals surface area contributed by atoms with Gasteiger partial charge in [-0.2, -0.15) is 13.2 Å². The number of hydrogen-bond acceptors (Lipinski definition) is 3. The van der Waals surface area contributed by atoms with Crippen LogP contribution in [0.25, 0.3) is 0 Å². The van der Waals surface area contributed by atoms with Crippen LogP contribution in [-0.2, 0) is 0 Å². The van der Waals surface area contributed by atoms with Gasteiger partial charge in [-0.1, -0.05) is 70.9 Å². The maximum atomic E-state index is 14.3. The highest BCUT2D eigenvalue weighted by Crippen LogP contribution is 2.48. The van der Waals surface area contributed by atoms with E-state index in [1.807, 2.05) is 0 Å². The Bertz CT molecular complexity index is 877. The molecule has 0 aromatic heterocycles. The van der Waals surface area contributed by atoms with E-state index >= 15 is 0 Å². The predicted octanol–water partition coefficient (Wildman–Crippen LogP) is 9.84. The van der Waals surface area contributed by atoms with Crippen LogP contribution in [0.5, 0.6) is 0 Å². The molecule has 0 aromatic carbocycles. The molecule has 256 valence electrons. The van der Waals surface area contributed by atoms with E-state index < -0.39 is 18.2 Å². The Morgan fingerprint density at radius 2 is 1.59 bits per heavy atom. The van der Waals surface area contributed by atoms with Gasteiger partial charge in [0.25, 0.3) is 0 Å². The van der Waals surface area contributed by atoms with E-state index in [4.69, 9.17) is 5.73 Å². The molecular weight excluding hydrogens is 559 g/mol. The molecule has 0 spiro atoms. The molecule has 4 N–H and O–H groups in total. The zero-order valence-corrected chi connectivity index (χ0v) is 28.3. The van der Waals surface area contributed by atoms with Gasteiger partial charge in [0.1, 0.15) is 0 Å². The van der Waals surface area contributed by atoms with Crippen molar-refractivity contribution in [1.29, 1.82) is 0 Å². The zero-order chi connectivity index (χ0) is 31.9. The van der Waals surface area contributed by atoms with Gasteiger partial charge < -0.3 is 15.9 Å². The van der Waals surface area contributed by atoms with Crippen molar-refractivity contribution < 1.29 is 23.4 Å². The number of halogens is 3. The molecule has 3 nitrogen and oxygen atoms in total. The van der Waals surface area contributed by atoms with Gasteiger partial charge in [-0.05, 0) is 137 Å². The summed E-state index contributed by atoms with van der Waals surface area (Å²) >= 11 is 0. The van der Waals surface area contributed by atoms with Gasteiger partial charge in [-0.15, -0.1) is 0 Å². The van der Waals surface area contributed by atoms with Crippen molar-refractivity contribution in [2.24, 2.45) is 64.9 Å². The molecule has 12 atom stereocenters. The molecule has 4 aliphatic rings. The Morgan fingerprint density at radius 1 is 0.841 bits per heavy atom. The molecule has 0 aromatic rings. The Balaban J connectivity index is 1.28. The minimum Gasteiger partial charge on any atom is -0.396 e. The summed E-state index contributed by atoms with van der Waals surface area (Å²) in [6.45, 7) is 7.02. The minimum absolute atomic E-state index is 0.0635. The standard InChI is InChI=1S/C38H66F3NO2/c1-4-29-13-9-26(3)20-34(29)36(42)19-18-31-21-28(12-15-33(31)24-43)22-37(44)32-17-16-30(35(23-32)38(39,40)41)14-11-27-7-5-6-25(2)8-10-27/h20,25-33,35-37,43-44H,4-19,21-24,42H2,1-3H3. The first-order valence-electron chi connectivity index (χ1n) is 18.8. The molecule has 0 radical (unpaired) electrons. The van der Waals surface area contributed by atoms with Gasteiger partial charge in [0.2, 0.25) is 0 Å². The summed E-state index contributed by atoms with van der Waals surface area (Å²) in [7, 11) is 0. The molecule has 4 aliphatic carbocycles. The molecule has 12 unspecified atom stereocenters. The van der Waals surface area contributed by atoms with Crippen molar-refractivity contribution in [2.45, 2.75) is 161 Å². The second kappa shape index (κ2) is 17.0. The van der Waals surface area contributed by atoms with Crippen LogP contribution in [0.2, 0.25) is 0 Å². The third kappa shape index (κ3) is 10.2. The van der Waals surface area contributed by atoms with E-state index in [1.54, 1.807) is 0 Å². The Kier molecular flexibility index (Phi) is 14.0. The van der Waals surface area contributed by atoms with Crippen molar-refractivity contribution in [2.75, 3.05) is 6.61 Å². The van der Waals surface area contributed by atoms with Gasteiger partial charge in [0, 0.05) is 12.6 Å². The average molecular weight is 626 g/mol. The monoisotopic (exact) mass is 626 g/mol. The Morgan fingerprint density at radius 3 is 2.32 bits per heavy atom. The molecule has 0 heterocycles. The van der Waals surface area contributed by atoms with Crippen LogP contribution >= 0.6 is 0 Å². The smallest absolute Gasteiger partial charge is 0.392 e. The molecular formula is C38H66F3NO2. The van der Waals surface area contributed by atoms with E-state index in [0.717, 1.165) is 57.3 Å². The third-order valence-electron chi connectivity index (χ3n) is 13.1. The summed E-state index contributed by atoms with van der Waals surface area (Å²) in [6.07, 6.45) is 15.5. The topological polar surface area (TPSA) is 66.5 Å². The fourth-order valence-corrected chi connectivity index (χ4v) is 10.0. The van der Waals surface area contributed by atoms with Crippen LogP contribution in [0.4, 0.5) is 13.2 Å². The second-order valence-electron chi connectivity index (χ2n) is 16.2. The van der Waals surface area contributed by atoms with Gasteiger partial charge >= 0.3 is 6.18 Å². The maximum Gasteiger partial charge on any atom is 0.392 e. The summed E-state index contributed by atoms with van der Waals surface area (Å²) in [5.74, 6) is 1.63. The normalized spacial score (nSPS) is 38.9. The first-order valence-corrected chi connectivity index (χ1v) is 18.8. The highest BCUT2D eigenvalue weighted by molar-refractivity contribution is 5.18. The summed E-state index contributed by atoms with van der Waals surface area (Å²) in [5.41, 5.74) is 8.19. The van der Waals surface area contributed by atoms with Crippen molar-refractivity contribution in [1.82, 2.24) is 0 Å². The molecule has 3 fully saturated rings. The molecule has 44 heavy (non-hydrogen) atoms. The van der Waals surface area contributed by atoms with E-state index in [-0.39, 0.29) is 36.8 Å². The average Bonchev–Trinajstić information content (AvgIpc) is 3.21. The number of rotatable bonds is 12. The molecule has 6 heteroatoms. The van der Waals surface area contributed by atoms with Crippen LogP contribution in [-0.4, -0.2) is 35.1 Å². The van der Waals surface area contributed by atoms with Crippen LogP contribution in [0.15, 0.2) is 11.6 Å². The number of aliphatic hydroxyl groups is 2. The lowest BCUT2D eigenvalue weighted by atomic mass is 9.66. The first kappa shape index (κ1) is 36.2. The Hall–Kier alpha value is -0.590. The molecule has 0 saturated heterocycles. The lowest BCUT2D eigenvalue weighted by molar-refractivity contribution is -0.205. The fourth-order valence-electron chi connectivity index (χ4n) is 10.0. The van der Waals surface area contributed by atoms with Gasteiger partial charge in [0.05, 0.1) is 12.0 Å². The minimum atomic E-state index is -4.19. The highest BCUT2D eigenvalue weighted by atomic mass is 19.4. The van der Waals surface area contributed by atoms with E-state index in [1.165, 1.54) is 50.5 Å². The molecule has 0 aliphatic heterocycles. The van der Waals surface area contributed by atoms with Gasteiger partial charge in [-0.3, -0.25) is 0 Å².